The summed E-state index contributed by atoms with van der Waals surface area (Å²) in [5, 5.41) is 7.58. The van der Waals surface area contributed by atoms with Crippen LogP contribution in [0.4, 0.5) is 0 Å². The van der Waals surface area contributed by atoms with Crippen molar-refractivity contribution in [1.29, 1.82) is 0 Å². The summed E-state index contributed by atoms with van der Waals surface area (Å²) in [4.78, 5) is 0. The van der Waals surface area contributed by atoms with Gasteiger partial charge < -0.3 is 9.84 Å². The van der Waals surface area contributed by atoms with Crippen LogP contribution in [-0.2, 0) is 0 Å². The van der Waals surface area contributed by atoms with Gasteiger partial charge in [0.25, 0.3) is 0 Å². The molecule has 0 unspecified atom stereocenters. The van der Waals surface area contributed by atoms with E-state index >= 15 is 0 Å². The van der Waals surface area contributed by atoms with Crippen LogP contribution in [0.1, 0.15) is 48.3 Å². The van der Waals surface area contributed by atoms with Gasteiger partial charge >= 0.3 is 0 Å². The first-order valence-electron chi connectivity index (χ1n) is 7.28. The summed E-state index contributed by atoms with van der Waals surface area (Å²) in [5.41, 5.74) is 3.63. The number of nitrogens with one attached hydrogen (secondary N) is 1. The van der Waals surface area contributed by atoms with Crippen LogP contribution in [-0.4, -0.2) is 18.2 Å². The Hall–Kier alpha value is -1.61. The van der Waals surface area contributed by atoms with Gasteiger partial charge in [-0.15, -0.1) is 0 Å². The standard InChI is InChI=1S/C17H24N2O/c1-12(16-8-6-5-7-9-16)10-18-11-13(2)17-14(3)19-20-15(17)4/h5-9,12-13,18H,10-11H2,1-4H3/t12-,13-/m1/s1. The second-order valence-electron chi connectivity index (χ2n) is 5.61. The molecule has 2 rings (SSSR count). The van der Waals surface area contributed by atoms with Gasteiger partial charge in [0.1, 0.15) is 5.76 Å². The Balaban J connectivity index is 1.84. The number of hydrogen-bond acceptors (Lipinski definition) is 3. The number of rotatable bonds is 6. The molecule has 108 valence electrons. The van der Waals surface area contributed by atoms with Crippen molar-refractivity contribution < 1.29 is 4.52 Å². The van der Waals surface area contributed by atoms with E-state index in [2.05, 4.69) is 54.7 Å². The molecule has 3 heteroatoms. The summed E-state index contributed by atoms with van der Waals surface area (Å²) in [6.07, 6.45) is 0. The van der Waals surface area contributed by atoms with Crippen LogP contribution >= 0.6 is 0 Å². The monoisotopic (exact) mass is 272 g/mol. The normalized spacial score (nSPS) is 14.2. The smallest absolute Gasteiger partial charge is 0.137 e. The third kappa shape index (κ3) is 3.48. The maximum atomic E-state index is 5.24. The van der Waals surface area contributed by atoms with Crippen LogP contribution in [0.3, 0.4) is 0 Å². The summed E-state index contributed by atoms with van der Waals surface area (Å²) in [7, 11) is 0. The molecule has 1 heterocycles. The molecule has 0 bridgehead atoms. The molecular weight excluding hydrogens is 248 g/mol. The molecule has 20 heavy (non-hydrogen) atoms. The van der Waals surface area contributed by atoms with Gasteiger partial charge in [0.15, 0.2) is 0 Å². The highest BCUT2D eigenvalue weighted by atomic mass is 16.5. The highest BCUT2D eigenvalue weighted by molar-refractivity contribution is 5.25. The van der Waals surface area contributed by atoms with E-state index < -0.39 is 0 Å². The quantitative estimate of drug-likeness (QED) is 0.869. The number of benzene rings is 1. The maximum absolute atomic E-state index is 5.24. The zero-order valence-corrected chi connectivity index (χ0v) is 12.8. The van der Waals surface area contributed by atoms with Gasteiger partial charge in [-0.05, 0) is 31.2 Å². The Morgan fingerprint density at radius 2 is 1.70 bits per heavy atom. The molecule has 0 spiro atoms. The predicted molar refractivity (Wildman–Crippen MR) is 82.1 cm³/mol. The Morgan fingerprint density at radius 1 is 1.05 bits per heavy atom. The first kappa shape index (κ1) is 14.8. The molecule has 0 aliphatic rings. The van der Waals surface area contributed by atoms with E-state index in [1.54, 1.807) is 0 Å². The summed E-state index contributed by atoms with van der Waals surface area (Å²) in [6, 6.07) is 10.6. The van der Waals surface area contributed by atoms with Crippen molar-refractivity contribution in [3.63, 3.8) is 0 Å². The molecule has 1 N–H and O–H groups in total. The Kier molecular flexibility index (Phi) is 4.96. The maximum Gasteiger partial charge on any atom is 0.137 e. The number of aromatic nitrogens is 1. The SMILES string of the molecule is Cc1noc(C)c1[C@H](C)CNC[C@@H](C)c1ccccc1. The molecule has 3 nitrogen and oxygen atoms in total. The minimum Gasteiger partial charge on any atom is -0.361 e. The molecular formula is C17H24N2O. The van der Waals surface area contributed by atoms with Gasteiger partial charge in [-0.1, -0.05) is 49.3 Å². The average Bonchev–Trinajstić information content (AvgIpc) is 2.79. The second-order valence-corrected chi connectivity index (χ2v) is 5.61. The highest BCUT2D eigenvalue weighted by Crippen LogP contribution is 2.22. The average molecular weight is 272 g/mol. The second kappa shape index (κ2) is 6.71. The molecule has 0 fully saturated rings. The molecule has 2 aromatic rings. The van der Waals surface area contributed by atoms with Crippen molar-refractivity contribution in [2.75, 3.05) is 13.1 Å². The van der Waals surface area contributed by atoms with Crippen molar-refractivity contribution in [3.05, 3.63) is 52.9 Å². The molecule has 1 aromatic heterocycles. The fraction of sp³-hybridized carbons (Fsp3) is 0.471. The minimum atomic E-state index is 0.421. The lowest BCUT2D eigenvalue weighted by molar-refractivity contribution is 0.391. The van der Waals surface area contributed by atoms with Crippen molar-refractivity contribution in [3.8, 4) is 0 Å². The Labute approximate surface area is 121 Å². The first-order valence-corrected chi connectivity index (χ1v) is 7.28. The van der Waals surface area contributed by atoms with Crippen molar-refractivity contribution in [1.82, 2.24) is 10.5 Å². The van der Waals surface area contributed by atoms with Gasteiger partial charge in [-0.25, -0.2) is 0 Å². The van der Waals surface area contributed by atoms with Gasteiger partial charge in [0.05, 0.1) is 5.69 Å². The van der Waals surface area contributed by atoms with Gasteiger partial charge in [0.2, 0.25) is 0 Å². The van der Waals surface area contributed by atoms with Gasteiger partial charge in [-0.3, -0.25) is 0 Å². The third-order valence-electron chi connectivity index (χ3n) is 3.85. The summed E-state index contributed by atoms with van der Waals surface area (Å²) < 4.78 is 5.24. The molecule has 2 atom stereocenters. The zero-order valence-electron chi connectivity index (χ0n) is 12.8. The number of nitrogens with zero attached hydrogens (tertiary/aromatic N) is 1. The first-order chi connectivity index (χ1) is 9.59. The molecule has 0 radical (unpaired) electrons. The van der Waals surface area contributed by atoms with E-state index in [1.807, 2.05) is 13.8 Å². The molecule has 0 aliphatic carbocycles. The van der Waals surface area contributed by atoms with E-state index in [1.165, 1.54) is 11.1 Å². The van der Waals surface area contributed by atoms with Crippen LogP contribution in [0.15, 0.2) is 34.9 Å². The van der Waals surface area contributed by atoms with Crippen LogP contribution in [0, 0.1) is 13.8 Å². The lowest BCUT2D eigenvalue weighted by atomic mass is 9.98. The predicted octanol–water partition coefficient (Wildman–Crippen LogP) is 3.79. The third-order valence-corrected chi connectivity index (χ3v) is 3.85. The van der Waals surface area contributed by atoms with E-state index in [9.17, 15) is 0 Å². The summed E-state index contributed by atoms with van der Waals surface area (Å²) in [5.74, 6) is 1.88. The summed E-state index contributed by atoms with van der Waals surface area (Å²) in [6.45, 7) is 10.4. The van der Waals surface area contributed by atoms with Crippen LogP contribution in [0.2, 0.25) is 0 Å². The lowest BCUT2D eigenvalue weighted by Crippen LogP contribution is -2.25. The largest absolute Gasteiger partial charge is 0.361 e. The molecule has 0 saturated carbocycles. The fourth-order valence-corrected chi connectivity index (χ4v) is 2.71. The summed E-state index contributed by atoms with van der Waals surface area (Å²) >= 11 is 0. The molecule has 1 aromatic carbocycles. The molecule has 0 saturated heterocycles. The van der Waals surface area contributed by atoms with Crippen molar-refractivity contribution >= 4 is 0 Å². The van der Waals surface area contributed by atoms with Crippen LogP contribution in [0.25, 0.3) is 0 Å². The van der Waals surface area contributed by atoms with Gasteiger partial charge in [0, 0.05) is 18.7 Å². The van der Waals surface area contributed by atoms with E-state index in [0.717, 1.165) is 24.5 Å². The topological polar surface area (TPSA) is 38.1 Å². The molecule has 0 aliphatic heterocycles. The van der Waals surface area contributed by atoms with Crippen LogP contribution < -0.4 is 5.32 Å². The van der Waals surface area contributed by atoms with Crippen LogP contribution in [0.5, 0.6) is 0 Å². The fourth-order valence-electron chi connectivity index (χ4n) is 2.71. The van der Waals surface area contributed by atoms with E-state index in [4.69, 9.17) is 4.52 Å². The Bertz CT molecular complexity index is 514. The lowest BCUT2D eigenvalue weighted by Gasteiger charge is -2.16. The van der Waals surface area contributed by atoms with Crippen molar-refractivity contribution in [2.24, 2.45) is 0 Å². The highest BCUT2D eigenvalue weighted by Gasteiger charge is 2.16. The minimum absolute atomic E-state index is 0.421. The van der Waals surface area contributed by atoms with Crippen molar-refractivity contribution in [2.45, 2.75) is 39.5 Å². The zero-order chi connectivity index (χ0) is 14.5. The van der Waals surface area contributed by atoms with Gasteiger partial charge in [-0.2, -0.15) is 0 Å². The number of hydrogen-bond donors (Lipinski definition) is 1. The van der Waals surface area contributed by atoms with E-state index in [-0.39, 0.29) is 0 Å². The number of aryl methyl sites for hydroxylation is 2. The Morgan fingerprint density at radius 3 is 2.30 bits per heavy atom. The molecule has 0 amide bonds. The van der Waals surface area contributed by atoms with E-state index in [0.29, 0.717) is 11.8 Å².